The Hall–Kier alpha value is -0.563. The third kappa shape index (κ3) is 5.39. The van der Waals surface area contributed by atoms with Crippen LogP contribution in [0.1, 0.15) is 41.0 Å². The van der Waals surface area contributed by atoms with E-state index in [9.17, 15) is 5.11 Å². The van der Waals surface area contributed by atoms with Gasteiger partial charge in [0.05, 0.1) is 6.61 Å². The molecule has 0 bridgehead atoms. The summed E-state index contributed by atoms with van der Waals surface area (Å²) in [5.74, 6) is 2.34. The SMILES string of the molecule is C#C[C@H](O)C/C(C)=C(/C)CO[Si](C)(C)C(C)(C)C. The number of hydrogen-bond acceptors (Lipinski definition) is 2. The van der Waals surface area contributed by atoms with Gasteiger partial charge in [0.1, 0.15) is 6.10 Å². The number of hydrogen-bond donors (Lipinski definition) is 1. The topological polar surface area (TPSA) is 29.5 Å². The molecule has 0 aliphatic rings. The van der Waals surface area contributed by atoms with Crippen molar-refractivity contribution in [3.8, 4) is 12.3 Å². The molecule has 0 amide bonds. The molecular weight excluding hydrogens is 240 g/mol. The fourth-order valence-electron chi connectivity index (χ4n) is 1.15. The Labute approximate surface area is 114 Å². The Bertz CT molecular complexity index is 342. The first-order chi connectivity index (χ1) is 8.01. The van der Waals surface area contributed by atoms with Gasteiger partial charge in [-0.05, 0) is 32.0 Å². The fourth-order valence-corrected chi connectivity index (χ4v) is 2.16. The van der Waals surface area contributed by atoms with Gasteiger partial charge in [-0.25, -0.2) is 0 Å². The van der Waals surface area contributed by atoms with E-state index in [1.807, 2.05) is 13.8 Å². The second-order valence-electron chi connectivity index (χ2n) is 6.50. The molecular formula is C15H28O2Si. The third-order valence-corrected chi connectivity index (χ3v) is 8.35. The summed E-state index contributed by atoms with van der Waals surface area (Å²) in [4.78, 5) is 0. The van der Waals surface area contributed by atoms with Crippen LogP contribution in [-0.2, 0) is 4.43 Å². The highest BCUT2D eigenvalue weighted by Crippen LogP contribution is 2.36. The number of aliphatic hydroxyl groups is 1. The lowest BCUT2D eigenvalue weighted by molar-refractivity contribution is 0.232. The van der Waals surface area contributed by atoms with Crippen LogP contribution in [0.3, 0.4) is 0 Å². The molecule has 0 heterocycles. The van der Waals surface area contributed by atoms with Crippen LogP contribution in [0.2, 0.25) is 18.1 Å². The highest BCUT2D eigenvalue weighted by molar-refractivity contribution is 6.74. The van der Waals surface area contributed by atoms with Crippen LogP contribution in [-0.4, -0.2) is 26.1 Å². The zero-order valence-electron chi connectivity index (χ0n) is 12.9. The molecule has 0 saturated heterocycles. The van der Waals surface area contributed by atoms with Crippen molar-refractivity contribution in [3.05, 3.63) is 11.1 Å². The van der Waals surface area contributed by atoms with E-state index in [4.69, 9.17) is 10.8 Å². The Morgan fingerprint density at radius 2 is 1.78 bits per heavy atom. The van der Waals surface area contributed by atoms with E-state index >= 15 is 0 Å². The lowest BCUT2D eigenvalue weighted by Crippen LogP contribution is -2.41. The maximum Gasteiger partial charge on any atom is 0.192 e. The minimum absolute atomic E-state index is 0.222. The number of aliphatic hydroxyl groups excluding tert-OH is 1. The summed E-state index contributed by atoms with van der Waals surface area (Å²) in [5, 5.41) is 9.65. The van der Waals surface area contributed by atoms with Crippen LogP contribution in [0.4, 0.5) is 0 Å². The van der Waals surface area contributed by atoms with E-state index in [1.165, 1.54) is 5.57 Å². The maximum absolute atomic E-state index is 9.43. The molecule has 0 aliphatic heterocycles. The van der Waals surface area contributed by atoms with Crippen LogP contribution in [0.15, 0.2) is 11.1 Å². The third-order valence-electron chi connectivity index (χ3n) is 3.88. The van der Waals surface area contributed by atoms with Gasteiger partial charge in [0.15, 0.2) is 8.32 Å². The van der Waals surface area contributed by atoms with Gasteiger partial charge in [-0.2, -0.15) is 0 Å². The predicted octanol–water partition coefficient (Wildman–Crippen LogP) is 3.73. The van der Waals surface area contributed by atoms with Crippen LogP contribution < -0.4 is 0 Å². The quantitative estimate of drug-likeness (QED) is 0.468. The summed E-state index contributed by atoms with van der Waals surface area (Å²) in [6.45, 7) is 15.9. The molecule has 0 aliphatic carbocycles. The summed E-state index contributed by atoms with van der Waals surface area (Å²) < 4.78 is 6.14. The smallest absolute Gasteiger partial charge is 0.192 e. The molecule has 1 N–H and O–H groups in total. The Balaban J connectivity index is 4.55. The molecule has 0 radical (unpaired) electrons. The van der Waals surface area contributed by atoms with Crippen LogP contribution in [0, 0.1) is 12.3 Å². The molecule has 0 aromatic rings. The molecule has 0 rings (SSSR count). The van der Waals surface area contributed by atoms with E-state index in [-0.39, 0.29) is 5.04 Å². The average Bonchev–Trinajstić information content (AvgIpc) is 2.23. The minimum atomic E-state index is -1.70. The van der Waals surface area contributed by atoms with Crippen molar-refractivity contribution in [2.75, 3.05) is 6.61 Å². The zero-order valence-corrected chi connectivity index (χ0v) is 13.9. The maximum atomic E-state index is 9.43. The summed E-state index contributed by atoms with van der Waals surface area (Å²) in [6.07, 6.45) is 5.02. The monoisotopic (exact) mass is 268 g/mol. The fraction of sp³-hybridized carbons (Fsp3) is 0.733. The normalized spacial score (nSPS) is 15.9. The van der Waals surface area contributed by atoms with Gasteiger partial charge in [0.25, 0.3) is 0 Å². The zero-order chi connectivity index (χ0) is 14.6. The molecule has 0 fully saturated rings. The molecule has 18 heavy (non-hydrogen) atoms. The van der Waals surface area contributed by atoms with Gasteiger partial charge in [-0.15, -0.1) is 6.42 Å². The molecule has 0 aromatic carbocycles. The number of terminal acetylenes is 1. The van der Waals surface area contributed by atoms with Crippen molar-refractivity contribution in [2.24, 2.45) is 0 Å². The highest BCUT2D eigenvalue weighted by atomic mass is 28.4. The first-order valence-corrected chi connectivity index (χ1v) is 9.35. The second kappa shape index (κ2) is 6.56. The van der Waals surface area contributed by atoms with Gasteiger partial charge >= 0.3 is 0 Å². The van der Waals surface area contributed by atoms with E-state index < -0.39 is 14.4 Å². The molecule has 0 spiro atoms. The van der Waals surface area contributed by atoms with Crippen molar-refractivity contribution in [3.63, 3.8) is 0 Å². The summed E-state index contributed by atoms with van der Waals surface area (Å²) in [7, 11) is -1.70. The first-order valence-electron chi connectivity index (χ1n) is 6.44. The van der Waals surface area contributed by atoms with Crippen molar-refractivity contribution in [1.29, 1.82) is 0 Å². The van der Waals surface area contributed by atoms with Crippen molar-refractivity contribution >= 4 is 8.32 Å². The Morgan fingerprint density at radius 1 is 1.28 bits per heavy atom. The Kier molecular flexibility index (Phi) is 6.35. The number of rotatable bonds is 5. The minimum Gasteiger partial charge on any atom is -0.413 e. The average molecular weight is 268 g/mol. The summed E-state index contributed by atoms with van der Waals surface area (Å²) in [6, 6.07) is 0. The van der Waals surface area contributed by atoms with E-state index in [2.05, 4.69) is 39.8 Å². The lowest BCUT2D eigenvalue weighted by atomic mass is 10.1. The molecule has 1 atom stereocenters. The van der Waals surface area contributed by atoms with E-state index in [1.54, 1.807) is 0 Å². The first kappa shape index (κ1) is 17.4. The van der Waals surface area contributed by atoms with E-state index in [0.29, 0.717) is 13.0 Å². The molecule has 0 unspecified atom stereocenters. The standard InChI is InChI=1S/C15H28O2Si/c1-9-14(16)10-12(2)13(3)11-17-18(7,8)15(4,5)6/h1,14,16H,10-11H2,2-8H3/b13-12-/t14-/m0/s1. The van der Waals surface area contributed by atoms with Gasteiger partial charge in [0, 0.05) is 6.42 Å². The van der Waals surface area contributed by atoms with E-state index in [0.717, 1.165) is 5.57 Å². The Morgan fingerprint density at radius 3 is 2.17 bits per heavy atom. The molecule has 3 heteroatoms. The van der Waals surface area contributed by atoms with Crippen molar-refractivity contribution < 1.29 is 9.53 Å². The molecule has 2 nitrogen and oxygen atoms in total. The highest BCUT2D eigenvalue weighted by Gasteiger charge is 2.37. The predicted molar refractivity (Wildman–Crippen MR) is 81.0 cm³/mol. The lowest BCUT2D eigenvalue weighted by Gasteiger charge is -2.36. The second-order valence-corrected chi connectivity index (χ2v) is 11.3. The molecule has 0 aromatic heterocycles. The van der Waals surface area contributed by atoms with Gasteiger partial charge in [0.2, 0.25) is 0 Å². The van der Waals surface area contributed by atoms with Gasteiger partial charge in [-0.1, -0.05) is 37.8 Å². The van der Waals surface area contributed by atoms with Gasteiger partial charge < -0.3 is 9.53 Å². The van der Waals surface area contributed by atoms with Crippen molar-refractivity contribution in [2.45, 2.75) is 65.3 Å². The molecule has 104 valence electrons. The molecule has 0 saturated carbocycles. The summed E-state index contributed by atoms with van der Waals surface area (Å²) in [5.41, 5.74) is 2.30. The van der Waals surface area contributed by atoms with Crippen LogP contribution in [0.5, 0.6) is 0 Å². The van der Waals surface area contributed by atoms with Gasteiger partial charge in [-0.3, -0.25) is 0 Å². The van der Waals surface area contributed by atoms with Crippen molar-refractivity contribution in [1.82, 2.24) is 0 Å². The largest absolute Gasteiger partial charge is 0.413 e. The van der Waals surface area contributed by atoms with Crippen LogP contribution in [0.25, 0.3) is 0 Å². The van der Waals surface area contributed by atoms with Crippen LogP contribution >= 0.6 is 0 Å². The summed E-state index contributed by atoms with van der Waals surface area (Å²) >= 11 is 0.